The van der Waals surface area contributed by atoms with Crippen molar-refractivity contribution < 1.29 is 48.3 Å². The van der Waals surface area contributed by atoms with Crippen molar-refractivity contribution in [1.29, 1.82) is 0 Å². The summed E-state index contributed by atoms with van der Waals surface area (Å²) in [6.07, 6.45) is 3.65. The van der Waals surface area contributed by atoms with Crippen LogP contribution in [0, 0.1) is 34.5 Å². The van der Waals surface area contributed by atoms with Crippen LogP contribution in [0.2, 0.25) is 0 Å². The number of fused-ring (bicyclic) bond motifs is 5. The number of allylic oxidation sites excluding steroid dienone is 2. The molecule has 0 aromatic rings. The van der Waals surface area contributed by atoms with E-state index in [9.17, 15) is 29.4 Å². The number of ether oxygens (including phenoxy) is 4. The van der Waals surface area contributed by atoms with Gasteiger partial charge in [0.2, 0.25) is 5.79 Å². The second-order valence-corrected chi connectivity index (χ2v) is 13.2. The lowest BCUT2D eigenvalue weighted by atomic mass is 9.46. The van der Waals surface area contributed by atoms with Crippen LogP contribution < -0.4 is 0 Å². The van der Waals surface area contributed by atoms with Crippen LogP contribution in [0.3, 0.4) is 0 Å². The van der Waals surface area contributed by atoms with Gasteiger partial charge in [0.15, 0.2) is 22.6 Å². The number of carbonyl (C=O) groups is 4. The second kappa shape index (κ2) is 6.32. The van der Waals surface area contributed by atoms with Crippen LogP contribution in [0.25, 0.3) is 0 Å². The number of carbonyl (C=O) groups excluding carboxylic acids is 4. The normalized spacial score (nSPS) is 59.2. The van der Waals surface area contributed by atoms with Crippen LogP contribution in [0.5, 0.6) is 0 Å². The van der Waals surface area contributed by atoms with Crippen molar-refractivity contribution in [3.8, 4) is 0 Å². The smallest absolute Gasteiger partial charge is 0.342 e. The third-order valence-corrected chi connectivity index (χ3v) is 11.9. The van der Waals surface area contributed by atoms with Gasteiger partial charge < -0.3 is 29.2 Å². The van der Waals surface area contributed by atoms with E-state index in [4.69, 9.17) is 18.9 Å². The Labute approximate surface area is 218 Å². The van der Waals surface area contributed by atoms with Crippen LogP contribution in [-0.2, 0) is 38.1 Å². The lowest BCUT2D eigenvalue weighted by Gasteiger charge is -2.62. The Morgan fingerprint density at radius 2 is 1.87 bits per heavy atom. The lowest BCUT2D eigenvalue weighted by Crippen LogP contribution is -2.79. The van der Waals surface area contributed by atoms with Gasteiger partial charge in [0.1, 0.15) is 11.9 Å². The highest BCUT2D eigenvalue weighted by atomic mass is 16.8. The highest BCUT2D eigenvalue weighted by Gasteiger charge is 2.93. The molecule has 0 aromatic heterocycles. The van der Waals surface area contributed by atoms with E-state index in [2.05, 4.69) is 0 Å². The molecule has 10 nitrogen and oxygen atoms in total. The molecule has 12 atom stereocenters. The second-order valence-electron chi connectivity index (χ2n) is 13.2. The maximum atomic E-state index is 14.8. The topological polar surface area (TPSA) is 146 Å². The molecule has 8 rings (SSSR count). The third-order valence-electron chi connectivity index (χ3n) is 11.9. The first-order valence-electron chi connectivity index (χ1n) is 13.5. The van der Waals surface area contributed by atoms with Crippen molar-refractivity contribution in [1.82, 2.24) is 0 Å². The molecule has 5 heterocycles. The van der Waals surface area contributed by atoms with E-state index < -0.39 is 87.0 Å². The number of esters is 2. The largest absolute Gasteiger partial charge is 0.458 e. The van der Waals surface area contributed by atoms with E-state index in [1.807, 2.05) is 6.92 Å². The summed E-state index contributed by atoms with van der Waals surface area (Å²) in [6, 6.07) is 0. The first-order chi connectivity index (χ1) is 17.8. The van der Waals surface area contributed by atoms with E-state index in [1.165, 1.54) is 0 Å². The summed E-state index contributed by atoms with van der Waals surface area (Å²) in [5, 5.41) is 22.7. The lowest BCUT2D eigenvalue weighted by molar-refractivity contribution is -0.370. The molecule has 3 aliphatic carbocycles. The van der Waals surface area contributed by atoms with Crippen molar-refractivity contribution in [2.24, 2.45) is 34.5 Å². The van der Waals surface area contributed by atoms with E-state index >= 15 is 0 Å². The van der Waals surface area contributed by atoms with Gasteiger partial charge in [-0.05, 0) is 50.0 Å². The van der Waals surface area contributed by atoms with Crippen molar-refractivity contribution in [2.75, 3.05) is 6.61 Å². The summed E-state index contributed by atoms with van der Waals surface area (Å²) < 4.78 is 25.0. The monoisotopic (exact) mass is 526 g/mol. The number of ketones is 2. The van der Waals surface area contributed by atoms with Gasteiger partial charge in [0, 0.05) is 12.3 Å². The van der Waals surface area contributed by atoms with Gasteiger partial charge >= 0.3 is 11.9 Å². The minimum absolute atomic E-state index is 0.0790. The maximum absolute atomic E-state index is 14.8. The number of aliphatic hydroxyl groups excluding tert-OH is 1. The predicted molar refractivity (Wildman–Crippen MR) is 124 cm³/mol. The molecular formula is C28H30O10. The number of aliphatic hydroxyl groups is 2. The minimum atomic E-state index is -2.23. The molecule has 5 saturated heterocycles. The van der Waals surface area contributed by atoms with Crippen LogP contribution in [-0.4, -0.2) is 75.1 Å². The van der Waals surface area contributed by atoms with Crippen molar-refractivity contribution in [3.63, 3.8) is 0 Å². The van der Waals surface area contributed by atoms with Gasteiger partial charge in [-0.25, -0.2) is 4.79 Å². The highest BCUT2D eigenvalue weighted by Crippen LogP contribution is 2.74. The minimum Gasteiger partial charge on any atom is -0.458 e. The fourth-order valence-electron chi connectivity index (χ4n) is 9.89. The molecule has 5 bridgehead atoms. The Bertz CT molecular complexity index is 1330. The zero-order valence-electron chi connectivity index (χ0n) is 21.4. The molecule has 2 spiro atoms. The Morgan fingerprint density at radius 3 is 2.63 bits per heavy atom. The molecule has 0 amide bonds. The number of hydrogen-bond donors (Lipinski definition) is 2. The fourth-order valence-corrected chi connectivity index (χ4v) is 9.89. The van der Waals surface area contributed by atoms with Gasteiger partial charge in [-0.2, -0.15) is 0 Å². The van der Waals surface area contributed by atoms with Crippen LogP contribution >= 0.6 is 0 Å². The molecule has 5 aliphatic heterocycles. The number of hydrogen-bond acceptors (Lipinski definition) is 10. The summed E-state index contributed by atoms with van der Waals surface area (Å²) in [5.74, 6) is -7.21. The fraction of sp³-hybridized carbons (Fsp3) is 0.714. The zero-order chi connectivity index (χ0) is 26.8. The summed E-state index contributed by atoms with van der Waals surface area (Å²) in [4.78, 5) is 55.4. The number of rotatable bonds is 0. The van der Waals surface area contributed by atoms with Crippen LogP contribution in [0.1, 0.15) is 46.5 Å². The quantitative estimate of drug-likeness (QED) is 0.429. The van der Waals surface area contributed by atoms with Crippen molar-refractivity contribution >= 4 is 23.5 Å². The van der Waals surface area contributed by atoms with Gasteiger partial charge in [0.05, 0.1) is 30.0 Å². The first-order valence-corrected chi connectivity index (χ1v) is 13.5. The third kappa shape index (κ3) is 2.03. The molecule has 2 N–H and O–H groups in total. The Balaban J connectivity index is 1.43. The molecule has 10 heteroatoms. The molecular weight excluding hydrogens is 496 g/mol. The molecule has 8 aliphatic rings. The molecule has 6 fully saturated rings. The van der Waals surface area contributed by atoms with E-state index in [1.54, 1.807) is 32.1 Å². The zero-order valence-corrected chi connectivity index (χ0v) is 21.4. The average molecular weight is 527 g/mol. The Kier molecular flexibility index (Phi) is 3.91. The van der Waals surface area contributed by atoms with Crippen LogP contribution in [0.4, 0.5) is 0 Å². The summed E-state index contributed by atoms with van der Waals surface area (Å²) in [5.41, 5.74) is -7.17. The van der Waals surface area contributed by atoms with Gasteiger partial charge in [-0.3, -0.25) is 14.4 Å². The Hall–Kier alpha value is -2.40. The van der Waals surface area contributed by atoms with Crippen molar-refractivity contribution in [3.05, 3.63) is 23.8 Å². The summed E-state index contributed by atoms with van der Waals surface area (Å²) >= 11 is 0. The SMILES string of the molecule is C[C@]12C(=O)C[C@H](O)C=C1C=C[C@H]1[C@@H]2CC[C@]2(O)C(=O)O[C@@]3(C)[C@H]4C[C@]5(C)[C@@H](CO[C@@]16O[C@@]32[C@H]5C6=O)C(=O)O4. The maximum Gasteiger partial charge on any atom is 0.342 e. The van der Waals surface area contributed by atoms with Crippen LogP contribution in [0.15, 0.2) is 23.8 Å². The predicted octanol–water partition coefficient (Wildman–Crippen LogP) is 0.528. The van der Waals surface area contributed by atoms with E-state index in [0.717, 1.165) is 0 Å². The standard InChI is InChI=1S/C28H30O10/c1-23-10-18-25(3)28-19(23)20(31)27(38-28,35-11-16(23)21(32)36-18)15-5-4-12-8-13(29)9-17(30)24(12,2)14(15)6-7-26(28,34)22(33)37-25/h4-5,8,13-16,18-19,29,34H,6-7,9-11H2,1-3H3/t13-,14+,15+,16+,18-,19+,23-,24+,25+,26+,27-,28+/m1/s1. The molecule has 0 unspecified atom stereocenters. The molecule has 0 radical (unpaired) electrons. The van der Waals surface area contributed by atoms with Crippen molar-refractivity contribution in [2.45, 2.75) is 81.3 Å². The van der Waals surface area contributed by atoms with E-state index in [-0.39, 0.29) is 38.1 Å². The molecule has 38 heavy (non-hydrogen) atoms. The van der Waals surface area contributed by atoms with E-state index in [0.29, 0.717) is 5.57 Å². The Morgan fingerprint density at radius 1 is 1.11 bits per heavy atom. The first kappa shape index (κ1) is 23.5. The average Bonchev–Trinajstić information content (AvgIpc) is 3.16. The summed E-state index contributed by atoms with van der Waals surface area (Å²) in [6.45, 7) is 5.07. The van der Waals surface area contributed by atoms with Gasteiger partial charge in [0.25, 0.3) is 0 Å². The molecule has 202 valence electrons. The molecule has 0 aromatic carbocycles. The van der Waals surface area contributed by atoms with Gasteiger partial charge in [-0.15, -0.1) is 0 Å². The molecule has 1 saturated carbocycles. The number of Topliss-reactive ketones (excluding diaryl/α,β-unsaturated/α-hetero) is 2. The summed E-state index contributed by atoms with van der Waals surface area (Å²) in [7, 11) is 0. The highest BCUT2D eigenvalue weighted by molar-refractivity contribution is 6.00. The van der Waals surface area contributed by atoms with Gasteiger partial charge in [-0.1, -0.05) is 25.2 Å².